The van der Waals surface area contributed by atoms with Gasteiger partial charge in [0.05, 0.1) is 6.54 Å². The Hall–Kier alpha value is -2.49. The fourth-order valence-electron chi connectivity index (χ4n) is 2.49. The summed E-state index contributed by atoms with van der Waals surface area (Å²) in [6.45, 7) is 0.996. The molecule has 1 heterocycles. The van der Waals surface area contributed by atoms with E-state index in [0.29, 0.717) is 19.6 Å². The zero-order chi connectivity index (χ0) is 15.4. The van der Waals surface area contributed by atoms with Gasteiger partial charge in [-0.3, -0.25) is 4.79 Å². The fraction of sp³-hybridized carbons (Fsp3) is 0.278. The summed E-state index contributed by atoms with van der Waals surface area (Å²) in [5, 5.41) is 0. The van der Waals surface area contributed by atoms with Gasteiger partial charge in [-0.25, -0.2) is 0 Å². The predicted molar refractivity (Wildman–Crippen MR) is 84.1 cm³/mol. The van der Waals surface area contributed by atoms with Crippen molar-refractivity contribution in [2.45, 2.75) is 12.5 Å². The van der Waals surface area contributed by atoms with Crippen molar-refractivity contribution in [2.24, 2.45) is 0 Å². The van der Waals surface area contributed by atoms with Crippen LogP contribution in [0.4, 0.5) is 0 Å². The number of hydrogen-bond donors (Lipinski definition) is 0. The van der Waals surface area contributed by atoms with Gasteiger partial charge in [0.1, 0.15) is 18.1 Å². The van der Waals surface area contributed by atoms with Crippen LogP contribution in [0.25, 0.3) is 0 Å². The molecule has 4 nitrogen and oxygen atoms in total. The molecule has 0 aliphatic carbocycles. The number of para-hydroxylation sites is 2. The first-order valence-corrected chi connectivity index (χ1v) is 7.41. The normalized spacial score (nSPS) is 15.8. The Balaban J connectivity index is 1.49. The smallest absolute Gasteiger partial charge is 0.263 e. The monoisotopic (exact) mass is 297 g/mol. The van der Waals surface area contributed by atoms with Gasteiger partial charge >= 0.3 is 0 Å². The van der Waals surface area contributed by atoms with E-state index in [0.717, 1.165) is 17.1 Å². The first-order chi connectivity index (χ1) is 10.7. The second kappa shape index (κ2) is 6.52. The molecule has 0 N–H and O–H groups in total. The highest BCUT2D eigenvalue weighted by Crippen LogP contribution is 2.28. The molecule has 1 aliphatic heterocycles. The Morgan fingerprint density at radius 2 is 1.91 bits per heavy atom. The van der Waals surface area contributed by atoms with Crippen molar-refractivity contribution in [3.63, 3.8) is 0 Å². The van der Waals surface area contributed by atoms with Crippen molar-refractivity contribution in [1.29, 1.82) is 0 Å². The average Bonchev–Trinajstić information content (AvgIpc) is 2.99. The Bertz CT molecular complexity index is 617. The van der Waals surface area contributed by atoms with Crippen LogP contribution in [0.2, 0.25) is 0 Å². The number of fused-ring (bicyclic) bond motifs is 1. The average molecular weight is 297 g/mol. The Kier molecular flexibility index (Phi) is 4.28. The van der Waals surface area contributed by atoms with E-state index < -0.39 is 6.10 Å². The molecule has 2 aromatic carbocycles. The number of hydrogen-bond acceptors (Lipinski definition) is 3. The van der Waals surface area contributed by atoms with Gasteiger partial charge in [0.25, 0.3) is 5.91 Å². The van der Waals surface area contributed by atoms with Gasteiger partial charge in [-0.2, -0.15) is 0 Å². The number of nitrogens with zero attached hydrogens (tertiary/aromatic N) is 1. The van der Waals surface area contributed by atoms with E-state index >= 15 is 0 Å². The van der Waals surface area contributed by atoms with Crippen LogP contribution in [0.15, 0.2) is 54.6 Å². The molecular weight excluding hydrogens is 278 g/mol. The minimum atomic E-state index is -0.417. The number of benzene rings is 2. The first-order valence-electron chi connectivity index (χ1n) is 7.41. The number of ether oxygens (including phenoxy) is 2. The van der Waals surface area contributed by atoms with E-state index in [2.05, 4.69) is 0 Å². The van der Waals surface area contributed by atoms with Crippen LogP contribution in [0, 0.1) is 0 Å². The molecule has 114 valence electrons. The molecule has 1 atom stereocenters. The van der Waals surface area contributed by atoms with E-state index in [1.807, 2.05) is 54.6 Å². The molecule has 0 fully saturated rings. The van der Waals surface area contributed by atoms with Gasteiger partial charge in [0.2, 0.25) is 0 Å². The molecule has 22 heavy (non-hydrogen) atoms. The zero-order valence-electron chi connectivity index (χ0n) is 12.6. The van der Waals surface area contributed by atoms with Gasteiger partial charge in [-0.15, -0.1) is 0 Å². The van der Waals surface area contributed by atoms with Crippen molar-refractivity contribution in [1.82, 2.24) is 4.90 Å². The Morgan fingerprint density at radius 1 is 1.18 bits per heavy atom. The van der Waals surface area contributed by atoms with Gasteiger partial charge in [-0.1, -0.05) is 36.4 Å². The summed E-state index contributed by atoms with van der Waals surface area (Å²) in [4.78, 5) is 14.1. The lowest BCUT2D eigenvalue weighted by Crippen LogP contribution is -2.40. The number of carbonyl (C=O) groups excluding carboxylic acids is 1. The van der Waals surface area contributed by atoms with E-state index in [9.17, 15) is 4.79 Å². The molecule has 0 radical (unpaired) electrons. The van der Waals surface area contributed by atoms with Crippen LogP contribution in [-0.2, 0) is 11.2 Å². The van der Waals surface area contributed by atoms with Gasteiger partial charge < -0.3 is 14.4 Å². The van der Waals surface area contributed by atoms with Crippen molar-refractivity contribution >= 4 is 5.91 Å². The van der Waals surface area contributed by atoms with Crippen molar-refractivity contribution < 1.29 is 14.3 Å². The van der Waals surface area contributed by atoms with Crippen molar-refractivity contribution in [3.8, 4) is 11.5 Å². The molecule has 0 bridgehead atoms. The number of rotatable bonds is 5. The molecule has 1 aliphatic rings. The Labute approximate surface area is 130 Å². The standard InChI is InChI=1S/C18H19NO3/c1-19(11-12-21-15-8-3-2-4-9-15)18(20)17-13-14-7-5-6-10-16(14)22-17/h2-10,17H,11-13H2,1H3. The molecule has 1 unspecified atom stereocenters. The van der Waals surface area contributed by atoms with Crippen LogP contribution in [0.3, 0.4) is 0 Å². The van der Waals surface area contributed by atoms with Crippen molar-refractivity contribution in [2.75, 3.05) is 20.2 Å². The van der Waals surface area contributed by atoms with Gasteiger partial charge in [-0.05, 0) is 23.8 Å². The molecule has 0 spiro atoms. The van der Waals surface area contributed by atoms with E-state index in [1.54, 1.807) is 11.9 Å². The number of amides is 1. The molecule has 0 aromatic heterocycles. The van der Waals surface area contributed by atoms with Gasteiger partial charge in [0.15, 0.2) is 6.10 Å². The minimum absolute atomic E-state index is 0.00661. The summed E-state index contributed by atoms with van der Waals surface area (Å²) in [6.07, 6.45) is 0.220. The maximum absolute atomic E-state index is 12.4. The highest BCUT2D eigenvalue weighted by molar-refractivity contribution is 5.82. The summed E-state index contributed by atoms with van der Waals surface area (Å²) in [5.74, 6) is 1.62. The topological polar surface area (TPSA) is 38.8 Å². The van der Waals surface area contributed by atoms with E-state index in [1.165, 1.54) is 0 Å². The molecule has 0 saturated carbocycles. The van der Waals surface area contributed by atoms with Crippen LogP contribution in [0.5, 0.6) is 11.5 Å². The van der Waals surface area contributed by atoms with Crippen LogP contribution < -0.4 is 9.47 Å². The van der Waals surface area contributed by atoms with Crippen molar-refractivity contribution in [3.05, 3.63) is 60.2 Å². The highest BCUT2D eigenvalue weighted by atomic mass is 16.5. The lowest BCUT2D eigenvalue weighted by molar-refractivity contribution is -0.136. The van der Waals surface area contributed by atoms with Crippen LogP contribution in [0.1, 0.15) is 5.56 Å². The number of carbonyl (C=O) groups is 1. The molecule has 1 amide bonds. The molecule has 0 saturated heterocycles. The summed E-state index contributed by atoms with van der Waals surface area (Å²) >= 11 is 0. The van der Waals surface area contributed by atoms with Crippen LogP contribution in [-0.4, -0.2) is 37.1 Å². The third-order valence-electron chi connectivity index (χ3n) is 3.74. The maximum atomic E-state index is 12.4. The SMILES string of the molecule is CN(CCOc1ccccc1)C(=O)C1Cc2ccccc2O1. The lowest BCUT2D eigenvalue weighted by atomic mass is 10.1. The van der Waals surface area contributed by atoms with E-state index in [-0.39, 0.29) is 5.91 Å². The Morgan fingerprint density at radius 3 is 2.68 bits per heavy atom. The maximum Gasteiger partial charge on any atom is 0.263 e. The second-order valence-electron chi connectivity index (χ2n) is 5.34. The predicted octanol–water partition coefficient (Wildman–Crippen LogP) is 2.53. The summed E-state index contributed by atoms with van der Waals surface area (Å²) < 4.78 is 11.3. The number of likely N-dealkylation sites (N-methyl/N-ethyl adjacent to an activating group) is 1. The summed E-state index contributed by atoms with van der Waals surface area (Å²) in [5.41, 5.74) is 1.09. The molecule has 2 aromatic rings. The first kappa shape index (κ1) is 14.4. The summed E-state index contributed by atoms with van der Waals surface area (Å²) in [6, 6.07) is 17.4. The molecular formula is C18H19NO3. The van der Waals surface area contributed by atoms with Crippen LogP contribution >= 0.6 is 0 Å². The summed E-state index contributed by atoms with van der Waals surface area (Å²) in [7, 11) is 1.78. The lowest BCUT2D eigenvalue weighted by Gasteiger charge is -2.20. The third-order valence-corrected chi connectivity index (χ3v) is 3.74. The minimum Gasteiger partial charge on any atom is -0.492 e. The molecule has 4 heteroatoms. The second-order valence-corrected chi connectivity index (χ2v) is 5.34. The fourth-order valence-corrected chi connectivity index (χ4v) is 2.49. The quantitative estimate of drug-likeness (QED) is 0.851. The van der Waals surface area contributed by atoms with E-state index in [4.69, 9.17) is 9.47 Å². The van der Waals surface area contributed by atoms with Gasteiger partial charge in [0, 0.05) is 13.5 Å². The largest absolute Gasteiger partial charge is 0.492 e. The zero-order valence-corrected chi connectivity index (χ0v) is 12.6. The highest BCUT2D eigenvalue weighted by Gasteiger charge is 2.30. The molecule has 3 rings (SSSR count). The third kappa shape index (κ3) is 3.22.